The van der Waals surface area contributed by atoms with Crippen molar-refractivity contribution in [2.24, 2.45) is 7.05 Å². The van der Waals surface area contributed by atoms with E-state index in [1.54, 1.807) is 4.68 Å². The number of likely N-dealkylation sites (tertiary alicyclic amines) is 1. The Balaban J connectivity index is 0.000000499. The van der Waals surface area contributed by atoms with Gasteiger partial charge in [-0.05, 0) is 38.8 Å². The van der Waals surface area contributed by atoms with Crippen molar-refractivity contribution in [3.63, 3.8) is 0 Å². The summed E-state index contributed by atoms with van der Waals surface area (Å²) < 4.78 is 1.76. The van der Waals surface area contributed by atoms with E-state index in [1.165, 1.54) is 0 Å². The molecule has 0 unspecified atom stereocenters. The minimum Gasteiger partial charge on any atom is -0.483 e. The molecule has 3 heterocycles. The summed E-state index contributed by atoms with van der Waals surface area (Å²) in [6.45, 7) is 3.05. The molecule has 0 aliphatic carbocycles. The third kappa shape index (κ3) is 6.03. The predicted octanol–water partition coefficient (Wildman–Crippen LogP) is -0.0218. The van der Waals surface area contributed by atoms with Crippen LogP contribution in [0.5, 0.6) is 0 Å². The first kappa shape index (κ1) is 21.4. The van der Waals surface area contributed by atoms with Crippen molar-refractivity contribution in [3.8, 4) is 0 Å². The van der Waals surface area contributed by atoms with Crippen LogP contribution in [-0.2, 0) is 21.4 Å². The van der Waals surface area contributed by atoms with Crippen LogP contribution in [0, 0.1) is 0 Å². The van der Waals surface area contributed by atoms with Crippen molar-refractivity contribution in [2.45, 2.75) is 31.2 Å². The van der Waals surface area contributed by atoms with Gasteiger partial charge in [-0.25, -0.2) is 0 Å². The topological polar surface area (TPSA) is 137 Å². The van der Waals surface area contributed by atoms with Crippen LogP contribution in [0.4, 0.5) is 5.82 Å². The highest BCUT2D eigenvalue weighted by atomic mass is 16.3. The molecule has 10 nitrogen and oxygen atoms in total. The standard InChI is InChI=1S/C14H23N5O.2CH2O2/c1-18-11-4-12(17-18)16-14(5-7-15-8-6-14)13(20)19-9-2-3-10-19;2*2-1-3/h4,11,15H,2-3,5-10H2,1H3,(H,16,17);2*1H,(H,2,3). The number of aryl methyl sites for hydroxylation is 1. The number of anilines is 1. The fourth-order valence-electron chi connectivity index (χ4n) is 3.20. The predicted molar refractivity (Wildman–Crippen MR) is 94.9 cm³/mol. The van der Waals surface area contributed by atoms with Crippen molar-refractivity contribution < 1.29 is 24.6 Å². The lowest BCUT2D eigenvalue weighted by Gasteiger charge is -2.39. The lowest BCUT2D eigenvalue weighted by Crippen LogP contribution is -2.58. The van der Waals surface area contributed by atoms with Gasteiger partial charge in [0.2, 0.25) is 5.91 Å². The molecule has 2 aliphatic rings. The Labute approximate surface area is 152 Å². The molecule has 2 aliphatic heterocycles. The van der Waals surface area contributed by atoms with Crippen LogP contribution < -0.4 is 10.6 Å². The Hall–Kier alpha value is -2.62. The molecule has 146 valence electrons. The second-order valence-corrected chi connectivity index (χ2v) is 6.04. The second-order valence-electron chi connectivity index (χ2n) is 6.04. The molecule has 26 heavy (non-hydrogen) atoms. The zero-order valence-corrected chi connectivity index (χ0v) is 14.9. The van der Waals surface area contributed by atoms with Crippen LogP contribution in [0.3, 0.4) is 0 Å². The van der Waals surface area contributed by atoms with E-state index < -0.39 is 5.54 Å². The van der Waals surface area contributed by atoms with Gasteiger partial charge in [0.15, 0.2) is 0 Å². The van der Waals surface area contributed by atoms with Crippen LogP contribution in [0.25, 0.3) is 0 Å². The van der Waals surface area contributed by atoms with E-state index in [0.717, 1.165) is 57.7 Å². The Morgan fingerprint density at radius 1 is 1.23 bits per heavy atom. The molecule has 0 radical (unpaired) electrons. The number of piperidine rings is 1. The number of nitrogens with one attached hydrogen (secondary N) is 2. The maximum atomic E-state index is 12.9. The lowest BCUT2D eigenvalue weighted by atomic mass is 9.86. The van der Waals surface area contributed by atoms with Crippen molar-refractivity contribution in [3.05, 3.63) is 12.3 Å². The molecule has 1 aromatic heterocycles. The van der Waals surface area contributed by atoms with Crippen LogP contribution >= 0.6 is 0 Å². The number of carboxylic acid groups (broad SMARTS) is 2. The molecule has 0 bridgehead atoms. The number of hydrogen-bond acceptors (Lipinski definition) is 6. The smallest absolute Gasteiger partial charge is 0.290 e. The summed E-state index contributed by atoms with van der Waals surface area (Å²) in [5, 5.41) is 24.9. The first-order chi connectivity index (χ1) is 12.5. The van der Waals surface area contributed by atoms with Crippen LogP contribution in [0.15, 0.2) is 12.3 Å². The number of rotatable bonds is 3. The number of nitrogens with zero attached hydrogens (tertiary/aromatic N) is 3. The molecule has 0 saturated carbocycles. The lowest BCUT2D eigenvalue weighted by molar-refractivity contribution is -0.136. The normalized spacial score (nSPS) is 17.8. The van der Waals surface area contributed by atoms with Gasteiger partial charge in [-0.2, -0.15) is 5.10 Å². The number of amides is 1. The van der Waals surface area contributed by atoms with Gasteiger partial charge in [-0.3, -0.25) is 19.1 Å². The summed E-state index contributed by atoms with van der Waals surface area (Å²) >= 11 is 0. The largest absolute Gasteiger partial charge is 0.483 e. The molecule has 0 atom stereocenters. The average molecular weight is 369 g/mol. The SMILES string of the molecule is Cn1ccc(NC2(C(=O)N3CCCC3)CCNCC2)n1.O=CO.O=CO. The summed E-state index contributed by atoms with van der Waals surface area (Å²) in [5.41, 5.74) is -0.482. The molecule has 4 N–H and O–H groups in total. The zero-order chi connectivity index (χ0) is 19.4. The van der Waals surface area contributed by atoms with E-state index in [9.17, 15) is 4.79 Å². The number of carbonyl (C=O) groups excluding carboxylic acids is 1. The monoisotopic (exact) mass is 369 g/mol. The highest BCUT2D eigenvalue weighted by Gasteiger charge is 2.43. The molecular weight excluding hydrogens is 342 g/mol. The van der Waals surface area contributed by atoms with Gasteiger partial charge in [0.25, 0.3) is 12.9 Å². The number of carbonyl (C=O) groups is 3. The second kappa shape index (κ2) is 11.1. The molecule has 3 rings (SSSR count). The van der Waals surface area contributed by atoms with E-state index in [2.05, 4.69) is 15.7 Å². The molecule has 1 aromatic rings. The van der Waals surface area contributed by atoms with Crippen LogP contribution in [0.1, 0.15) is 25.7 Å². The first-order valence-electron chi connectivity index (χ1n) is 8.46. The molecule has 2 fully saturated rings. The molecular formula is C16H27N5O5. The Bertz CT molecular complexity index is 559. The third-order valence-corrected chi connectivity index (χ3v) is 4.34. The summed E-state index contributed by atoms with van der Waals surface area (Å²) in [5.74, 6) is 1.05. The highest BCUT2D eigenvalue weighted by molar-refractivity contribution is 5.89. The van der Waals surface area contributed by atoms with E-state index in [-0.39, 0.29) is 18.9 Å². The van der Waals surface area contributed by atoms with Gasteiger partial charge >= 0.3 is 0 Å². The van der Waals surface area contributed by atoms with E-state index in [0.29, 0.717) is 0 Å². The van der Waals surface area contributed by atoms with E-state index >= 15 is 0 Å². The van der Waals surface area contributed by atoms with Crippen molar-refractivity contribution >= 4 is 24.7 Å². The molecule has 0 spiro atoms. The maximum Gasteiger partial charge on any atom is 0.290 e. The molecule has 0 aromatic carbocycles. The van der Waals surface area contributed by atoms with Gasteiger partial charge in [-0.1, -0.05) is 0 Å². The van der Waals surface area contributed by atoms with Crippen LogP contribution in [0.2, 0.25) is 0 Å². The highest BCUT2D eigenvalue weighted by Crippen LogP contribution is 2.27. The minimum absolute atomic E-state index is 0.250. The van der Waals surface area contributed by atoms with Gasteiger partial charge in [0.1, 0.15) is 11.4 Å². The molecule has 10 heteroatoms. The van der Waals surface area contributed by atoms with Gasteiger partial charge in [0.05, 0.1) is 0 Å². The Morgan fingerprint density at radius 2 is 1.77 bits per heavy atom. The van der Waals surface area contributed by atoms with Gasteiger partial charge < -0.3 is 25.7 Å². The fraction of sp³-hybridized carbons (Fsp3) is 0.625. The zero-order valence-electron chi connectivity index (χ0n) is 14.9. The summed E-state index contributed by atoms with van der Waals surface area (Å²) in [4.78, 5) is 31.7. The molecule has 2 saturated heterocycles. The van der Waals surface area contributed by atoms with Gasteiger partial charge in [-0.15, -0.1) is 0 Å². The molecule has 1 amide bonds. The van der Waals surface area contributed by atoms with Gasteiger partial charge in [0, 0.05) is 32.4 Å². The van der Waals surface area contributed by atoms with Crippen molar-refractivity contribution in [1.29, 1.82) is 0 Å². The van der Waals surface area contributed by atoms with Crippen molar-refractivity contribution in [1.82, 2.24) is 20.0 Å². The average Bonchev–Trinajstić information content (AvgIpc) is 3.28. The number of aromatic nitrogens is 2. The van der Waals surface area contributed by atoms with E-state index in [4.69, 9.17) is 19.8 Å². The van der Waals surface area contributed by atoms with Crippen LogP contribution in [-0.4, -0.2) is 75.5 Å². The summed E-state index contributed by atoms with van der Waals surface area (Å²) in [6, 6.07) is 1.93. The summed E-state index contributed by atoms with van der Waals surface area (Å²) in [7, 11) is 1.89. The summed E-state index contributed by atoms with van der Waals surface area (Å²) in [6.07, 6.45) is 5.79. The maximum absolute atomic E-state index is 12.9. The fourth-order valence-corrected chi connectivity index (χ4v) is 3.20. The van der Waals surface area contributed by atoms with E-state index in [1.807, 2.05) is 24.2 Å². The van der Waals surface area contributed by atoms with Crippen molar-refractivity contribution in [2.75, 3.05) is 31.5 Å². The number of hydrogen-bond donors (Lipinski definition) is 4. The first-order valence-corrected chi connectivity index (χ1v) is 8.46. The third-order valence-electron chi connectivity index (χ3n) is 4.34. The Kier molecular flexibility index (Phi) is 9.13. The quantitative estimate of drug-likeness (QED) is 0.546. The Morgan fingerprint density at radius 3 is 2.23 bits per heavy atom. The minimum atomic E-state index is -0.482.